The van der Waals surface area contributed by atoms with Crippen LogP contribution in [-0.4, -0.2) is 77.6 Å². The lowest BCUT2D eigenvalue weighted by Gasteiger charge is -2.39. The van der Waals surface area contributed by atoms with Crippen LogP contribution in [0.25, 0.3) is 0 Å². The van der Waals surface area contributed by atoms with Gasteiger partial charge in [0.1, 0.15) is 12.1 Å². The lowest BCUT2D eigenvalue weighted by atomic mass is 9.74. The summed E-state index contributed by atoms with van der Waals surface area (Å²) in [5.74, 6) is -2.17. The summed E-state index contributed by atoms with van der Waals surface area (Å²) < 4.78 is 10.5. The van der Waals surface area contributed by atoms with Gasteiger partial charge in [0, 0.05) is 12.4 Å². The third kappa shape index (κ3) is 8.21. The molecule has 0 bridgehead atoms. The molecule has 0 radical (unpaired) electrons. The molecular weight excluding hydrogens is 492 g/mol. The molecule has 1 fully saturated rings. The number of nitrogens with zero attached hydrogens (tertiary/aromatic N) is 1. The van der Waals surface area contributed by atoms with E-state index in [1.165, 1.54) is 0 Å². The molecule has 0 spiro atoms. The van der Waals surface area contributed by atoms with Crippen molar-refractivity contribution in [3.63, 3.8) is 0 Å². The summed E-state index contributed by atoms with van der Waals surface area (Å²) in [6.07, 6.45) is -0.0994. The van der Waals surface area contributed by atoms with Gasteiger partial charge in [-0.3, -0.25) is 24.6 Å². The van der Waals surface area contributed by atoms with Gasteiger partial charge in [-0.1, -0.05) is 50.6 Å². The first-order chi connectivity index (χ1) is 17.0. The maximum atomic E-state index is 13.3. The molecule has 3 unspecified atom stereocenters. The van der Waals surface area contributed by atoms with Gasteiger partial charge in [-0.15, -0.1) is 0 Å². The average molecular weight is 527 g/mol. The number of urea groups is 1. The fourth-order valence-electron chi connectivity index (χ4n) is 3.38. The third-order valence-electron chi connectivity index (χ3n) is 5.39. The van der Waals surface area contributed by atoms with Crippen LogP contribution in [0.2, 0.25) is 0 Å². The lowest BCUT2D eigenvalue weighted by molar-refractivity contribution is -0.147. The van der Waals surface area contributed by atoms with Crippen LogP contribution in [0.3, 0.4) is 0 Å². The Kier molecular flexibility index (Phi) is 12.9. The minimum absolute atomic E-state index is 0.0294. The van der Waals surface area contributed by atoms with E-state index in [1.54, 1.807) is 37.3 Å². The van der Waals surface area contributed by atoms with E-state index in [9.17, 15) is 24.0 Å². The summed E-state index contributed by atoms with van der Waals surface area (Å²) in [7, 11) is 0. The predicted octanol–water partition coefficient (Wildman–Crippen LogP) is 1.02. The van der Waals surface area contributed by atoms with Crippen molar-refractivity contribution in [2.75, 3.05) is 25.5 Å². The van der Waals surface area contributed by atoms with Gasteiger partial charge in [0.15, 0.2) is 5.41 Å². The number of aliphatic carboxylic acids is 1. The smallest absolute Gasteiger partial charge is 0.404 e. The molecule has 5 amide bonds. The highest BCUT2D eigenvalue weighted by molar-refractivity contribution is 7.80. The van der Waals surface area contributed by atoms with Gasteiger partial charge in [-0.05, 0) is 18.4 Å². The number of barbiturate groups is 1. The van der Waals surface area contributed by atoms with Crippen molar-refractivity contribution in [1.82, 2.24) is 10.2 Å². The van der Waals surface area contributed by atoms with E-state index in [-0.39, 0.29) is 25.3 Å². The number of nitrogens with one attached hydrogen (secondary N) is 1. The highest BCUT2D eigenvalue weighted by Crippen LogP contribution is 2.33. The summed E-state index contributed by atoms with van der Waals surface area (Å²) in [4.78, 5) is 60.3. The molecule has 12 nitrogen and oxygen atoms in total. The van der Waals surface area contributed by atoms with Crippen LogP contribution in [-0.2, 0) is 29.3 Å². The Balaban J connectivity index is 0.000000809. The molecular formula is C23H34N4O8S. The van der Waals surface area contributed by atoms with Gasteiger partial charge < -0.3 is 26.0 Å². The number of carbonyl (C=O) groups is 5. The Morgan fingerprint density at radius 3 is 2.31 bits per heavy atom. The number of hydrogen-bond donors (Lipinski definition) is 5. The largest absolute Gasteiger partial charge is 0.480 e. The second-order valence-corrected chi connectivity index (χ2v) is 8.28. The Morgan fingerprint density at radius 2 is 1.83 bits per heavy atom. The van der Waals surface area contributed by atoms with Gasteiger partial charge >= 0.3 is 18.1 Å². The fourth-order valence-corrected chi connectivity index (χ4v) is 3.54. The van der Waals surface area contributed by atoms with E-state index in [0.29, 0.717) is 12.2 Å². The quantitative estimate of drug-likeness (QED) is 0.150. The molecule has 2 rings (SSSR count). The number of carboxylic acids is 1. The van der Waals surface area contributed by atoms with Crippen molar-refractivity contribution in [3.05, 3.63) is 35.9 Å². The van der Waals surface area contributed by atoms with Crippen LogP contribution >= 0.6 is 12.6 Å². The number of nitrogens with two attached hydrogens (primary N) is 2. The van der Waals surface area contributed by atoms with E-state index in [1.807, 2.05) is 6.92 Å². The topological polar surface area (TPSA) is 191 Å². The molecule has 3 atom stereocenters. The molecule has 1 aromatic rings. The number of thiol groups is 1. The number of rotatable bonds is 12. The number of carbonyl (C=O) groups excluding carboxylic acids is 4. The van der Waals surface area contributed by atoms with Crippen molar-refractivity contribution < 1.29 is 38.6 Å². The first-order valence-corrected chi connectivity index (χ1v) is 12.0. The summed E-state index contributed by atoms with van der Waals surface area (Å²) in [6, 6.07) is 6.85. The summed E-state index contributed by atoms with van der Waals surface area (Å²) in [5, 5.41) is 10.3. The molecule has 6 N–H and O–H groups in total. The molecule has 200 valence electrons. The molecule has 0 aliphatic carbocycles. The normalized spacial score (nSPS) is 19.0. The number of amides is 5. The Labute approximate surface area is 215 Å². The van der Waals surface area contributed by atoms with E-state index >= 15 is 0 Å². The summed E-state index contributed by atoms with van der Waals surface area (Å²) in [6.45, 7) is 3.84. The molecule has 1 heterocycles. The Bertz CT molecular complexity index is 917. The zero-order valence-corrected chi connectivity index (χ0v) is 21.2. The van der Waals surface area contributed by atoms with Crippen molar-refractivity contribution in [2.24, 2.45) is 11.5 Å². The molecule has 1 aliphatic rings. The van der Waals surface area contributed by atoms with Gasteiger partial charge in [-0.25, -0.2) is 9.59 Å². The number of hydrogen-bond acceptors (Lipinski definition) is 9. The first kappa shape index (κ1) is 30.9. The van der Waals surface area contributed by atoms with Gasteiger partial charge in [0.25, 0.3) is 5.91 Å². The highest BCUT2D eigenvalue weighted by Gasteiger charge is 2.54. The predicted molar refractivity (Wildman–Crippen MR) is 133 cm³/mol. The highest BCUT2D eigenvalue weighted by atomic mass is 32.1. The number of ether oxygens (including phenoxy) is 2. The van der Waals surface area contributed by atoms with Gasteiger partial charge in [0.05, 0.1) is 13.2 Å². The van der Waals surface area contributed by atoms with Gasteiger partial charge in [0.2, 0.25) is 5.91 Å². The maximum Gasteiger partial charge on any atom is 0.404 e. The van der Waals surface area contributed by atoms with E-state index in [4.69, 9.17) is 26.0 Å². The number of imide groups is 2. The second-order valence-electron chi connectivity index (χ2n) is 7.91. The molecule has 1 saturated heterocycles. The van der Waals surface area contributed by atoms with Crippen LogP contribution < -0.4 is 16.8 Å². The minimum atomic E-state index is -1.55. The van der Waals surface area contributed by atoms with Crippen LogP contribution in [0.5, 0.6) is 0 Å². The van der Waals surface area contributed by atoms with Crippen LogP contribution in [0.15, 0.2) is 30.3 Å². The monoisotopic (exact) mass is 526 g/mol. The zero-order valence-electron chi connectivity index (χ0n) is 20.3. The standard InChI is InChI=1S/C20H27N3O6.C3H7NO2S/c1-3-5-11-28-13-15(29-18(21)26)12-23-17(25)20(4-2,16(24)22-19(23)27)14-9-7-6-8-10-14;4-2(1-7)3(5)6/h6-10,15H,3-5,11-13H2,1-2H3,(H2,21,26)(H,22,24,27);2,7H,1,4H2,(H,5,6). The first-order valence-electron chi connectivity index (χ1n) is 11.4. The number of primary amides is 1. The van der Waals surface area contributed by atoms with Crippen molar-refractivity contribution in [1.29, 1.82) is 0 Å². The van der Waals surface area contributed by atoms with Gasteiger partial charge in [-0.2, -0.15) is 12.6 Å². The van der Waals surface area contributed by atoms with Crippen LogP contribution in [0.1, 0.15) is 38.7 Å². The van der Waals surface area contributed by atoms with Crippen LogP contribution in [0, 0.1) is 0 Å². The third-order valence-corrected chi connectivity index (χ3v) is 5.78. The average Bonchev–Trinajstić information content (AvgIpc) is 2.84. The molecule has 0 saturated carbocycles. The van der Waals surface area contributed by atoms with E-state index in [0.717, 1.165) is 17.7 Å². The second kappa shape index (κ2) is 15.1. The lowest BCUT2D eigenvalue weighted by Crippen LogP contribution is -2.67. The number of carboxylic acid groups (broad SMARTS) is 1. The number of benzene rings is 1. The molecule has 1 aliphatic heterocycles. The SMILES string of the molecule is CCCCOCC(CN1C(=O)NC(=O)C(CC)(c2ccccc2)C1=O)OC(N)=O.NC(CS)C(=O)O. The molecule has 1 aromatic carbocycles. The number of unbranched alkanes of at least 4 members (excludes halogenated alkanes) is 1. The van der Waals surface area contributed by atoms with Crippen LogP contribution in [0.4, 0.5) is 9.59 Å². The molecule has 0 aromatic heterocycles. The Morgan fingerprint density at radius 1 is 1.19 bits per heavy atom. The van der Waals surface area contributed by atoms with Crippen molar-refractivity contribution in [3.8, 4) is 0 Å². The minimum Gasteiger partial charge on any atom is -0.480 e. The van der Waals surface area contributed by atoms with Crippen molar-refractivity contribution >= 4 is 42.5 Å². The van der Waals surface area contributed by atoms with E-state index in [2.05, 4.69) is 17.9 Å². The zero-order chi connectivity index (χ0) is 27.3. The summed E-state index contributed by atoms with van der Waals surface area (Å²) in [5.41, 5.74) is 8.99. The molecule has 13 heteroatoms. The maximum absolute atomic E-state index is 13.3. The fraction of sp³-hybridized carbons (Fsp3) is 0.522. The van der Waals surface area contributed by atoms with E-state index < -0.39 is 47.5 Å². The molecule has 36 heavy (non-hydrogen) atoms. The van der Waals surface area contributed by atoms with Crippen molar-refractivity contribution in [2.45, 2.75) is 50.7 Å². The Hall–Kier alpha value is -3.16. The summed E-state index contributed by atoms with van der Waals surface area (Å²) >= 11 is 3.65.